The van der Waals surface area contributed by atoms with Crippen molar-refractivity contribution in [1.29, 1.82) is 0 Å². The number of hydrogen-bond acceptors (Lipinski definition) is 5. The van der Waals surface area contributed by atoms with Gasteiger partial charge >= 0.3 is 0 Å². The summed E-state index contributed by atoms with van der Waals surface area (Å²) in [6.07, 6.45) is 1.76. The first kappa shape index (κ1) is 30.0. The van der Waals surface area contributed by atoms with Crippen molar-refractivity contribution in [3.8, 4) is 11.5 Å². The summed E-state index contributed by atoms with van der Waals surface area (Å²) in [4.78, 5) is 28.0. The highest BCUT2D eigenvalue weighted by Crippen LogP contribution is 2.26. The Labute approximate surface area is 235 Å². The Morgan fingerprint density at radius 1 is 0.923 bits per heavy atom. The Bertz CT molecular complexity index is 1370. The number of benzene rings is 3. The molecule has 0 radical (unpaired) electrons. The number of ether oxygens (including phenoxy) is 1. The van der Waals surface area contributed by atoms with E-state index in [1.165, 1.54) is 4.90 Å². The van der Waals surface area contributed by atoms with Gasteiger partial charge in [-0.2, -0.15) is 0 Å². The summed E-state index contributed by atoms with van der Waals surface area (Å²) in [5.74, 6) is 0.274. The van der Waals surface area contributed by atoms with E-state index in [0.717, 1.165) is 17.0 Å². The van der Waals surface area contributed by atoms with E-state index in [1.54, 1.807) is 55.5 Å². The van der Waals surface area contributed by atoms with Crippen LogP contribution in [0.1, 0.15) is 32.8 Å². The van der Waals surface area contributed by atoms with Crippen LogP contribution in [-0.2, 0) is 26.2 Å². The van der Waals surface area contributed by atoms with Crippen molar-refractivity contribution >= 4 is 39.1 Å². The Morgan fingerprint density at radius 3 is 2.10 bits per heavy atom. The van der Waals surface area contributed by atoms with Crippen LogP contribution >= 0.6 is 11.6 Å². The molecule has 0 aliphatic heterocycles. The van der Waals surface area contributed by atoms with Crippen LogP contribution in [0.2, 0.25) is 5.02 Å². The minimum absolute atomic E-state index is 0.0368. The maximum atomic E-state index is 13.7. The number of sulfonamides is 1. The molecule has 2 atom stereocenters. The second kappa shape index (κ2) is 13.5. The predicted octanol–water partition coefficient (Wildman–Crippen LogP) is 5.23. The fourth-order valence-electron chi connectivity index (χ4n) is 3.78. The lowest BCUT2D eigenvalue weighted by Crippen LogP contribution is -2.52. The second-order valence-electron chi connectivity index (χ2n) is 9.29. The SMILES string of the molecule is CCC(C)NC(=O)C(C)N(Cc1ccccc1Cl)C(=O)CN(c1ccc(Oc2ccccc2)cc1)S(C)(=O)=O. The third-order valence-corrected chi connectivity index (χ3v) is 7.76. The maximum absolute atomic E-state index is 13.7. The number of carbonyl (C=O) groups is 2. The van der Waals surface area contributed by atoms with Crippen LogP contribution in [0.25, 0.3) is 0 Å². The third kappa shape index (κ3) is 8.46. The molecule has 0 saturated carbocycles. The van der Waals surface area contributed by atoms with Gasteiger partial charge in [0.1, 0.15) is 24.1 Å². The minimum atomic E-state index is -3.85. The Hall–Kier alpha value is -3.56. The predicted molar refractivity (Wildman–Crippen MR) is 155 cm³/mol. The number of para-hydroxylation sites is 1. The van der Waals surface area contributed by atoms with Crippen molar-refractivity contribution < 1.29 is 22.7 Å². The summed E-state index contributed by atoms with van der Waals surface area (Å²) in [7, 11) is -3.85. The quantitative estimate of drug-likeness (QED) is 0.321. The maximum Gasteiger partial charge on any atom is 0.244 e. The zero-order valence-electron chi connectivity index (χ0n) is 22.5. The van der Waals surface area contributed by atoms with E-state index in [2.05, 4.69) is 5.32 Å². The molecule has 8 nitrogen and oxygen atoms in total. The molecule has 3 aromatic rings. The van der Waals surface area contributed by atoms with Gasteiger partial charge in [-0.05, 0) is 68.3 Å². The molecule has 0 spiro atoms. The van der Waals surface area contributed by atoms with Gasteiger partial charge in [-0.25, -0.2) is 8.42 Å². The summed E-state index contributed by atoms with van der Waals surface area (Å²) in [5, 5.41) is 3.34. The normalized spacial score (nSPS) is 12.7. The lowest BCUT2D eigenvalue weighted by Gasteiger charge is -2.32. The summed E-state index contributed by atoms with van der Waals surface area (Å²) in [6.45, 7) is 4.98. The van der Waals surface area contributed by atoms with E-state index in [-0.39, 0.29) is 18.5 Å². The van der Waals surface area contributed by atoms with Crippen molar-refractivity contribution in [2.75, 3.05) is 17.1 Å². The van der Waals surface area contributed by atoms with Crippen molar-refractivity contribution in [2.45, 2.75) is 45.8 Å². The second-order valence-corrected chi connectivity index (χ2v) is 11.6. The molecule has 1 N–H and O–H groups in total. The zero-order valence-corrected chi connectivity index (χ0v) is 24.1. The van der Waals surface area contributed by atoms with Crippen LogP contribution < -0.4 is 14.4 Å². The number of nitrogens with one attached hydrogen (secondary N) is 1. The van der Waals surface area contributed by atoms with Crippen molar-refractivity contribution in [2.24, 2.45) is 0 Å². The molecule has 0 aliphatic carbocycles. The molecule has 0 heterocycles. The van der Waals surface area contributed by atoms with Gasteiger partial charge in [0.05, 0.1) is 11.9 Å². The minimum Gasteiger partial charge on any atom is -0.457 e. The van der Waals surface area contributed by atoms with E-state index < -0.39 is 28.5 Å². The van der Waals surface area contributed by atoms with Crippen LogP contribution in [0.15, 0.2) is 78.9 Å². The zero-order chi connectivity index (χ0) is 28.6. The van der Waals surface area contributed by atoms with Gasteiger partial charge < -0.3 is 15.0 Å². The van der Waals surface area contributed by atoms with Gasteiger partial charge in [0.15, 0.2) is 0 Å². The van der Waals surface area contributed by atoms with Crippen molar-refractivity contribution in [1.82, 2.24) is 10.2 Å². The summed E-state index contributed by atoms with van der Waals surface area (Å²) in [6, 6.07) is 21.7. The smallest absolute Gasteiger partial charge is 0.244 e. The molecule has 3 aromatic carbocycles. The molecular weight excluding hydrogens is 538 g/mol. The number of amides is 2. The Kier molecular flexibility index (Phi) is 10.4. The molecule has 0 aromatic heterocycles. The van der Waals surface area contributed by atoms with Gasteiger partial charge in [-0.3, -0.25) is 13.9 Å². The lowest BCUT2D eigenvalue weighted by molar-refractivity contribution is -0.139. The highest BCUT2D eigenvalue weighted by atomic mass is 35.5. The molecule has 2 amide bonds. The van der Waals surface area contributed by atoms with E-state index in [9.17, 15) is 18.0 Å². The first-order valence-corrected chi connectivity index (χ1v) is 14.9. The van der Waals surface area contributed by atoms with Crippen molar-refractivity contribution in [3.63, 3.8) is 0 Å². The van der Waals surface area contributed by atoms with E-state index in [1.807, 2.05) is 44.2 Å². The number of nitrogens with zero attached hydrogens (tertiary/aromatic N) is 2. The van der Waals surface area contributed by atoms with Crippen LogP contribution in [0.5, 0.6) is 11.5 Å². The molecule has 2 unspecified atom stereocenters. The van der Waals surface area contributed by atoms with Crippen LogP contribution in [0.4, 0.5) is 5.69 Å². The fourth-order valence-corrected chi connectivity index (χ4v) is 4.82. The standard InChI is InChI=1S/C29H34ClN3O5S/c1-5-21(2)31-29(35)22(3)32(19-23-11-9-10-14-27(23)30)28(34)20-33(39(4,36)37)24-15-17-26(18-16-24)38-25-12-7-6-8-13-25/h6-18,21-22H,5,19-20H2,1-4H3,(H,31,35). The van der Waals surface area contributed by atoms with Gasteiger partial charge in [0.25, 0.3) is 0 Å². The van der Waals surface area contributed by atoms with E-state index >= 15 is 0 Å². The Morgan fingerprint density at radius 2 is 1.51 bits per heavy atom. The highest BCUT2D eigenvalue weighted by Gasteiger charge is 2.30. The number of anilines is 1. The molecule has 0 fully saturated rings. The molecule has 208 valence electrons. The molecule has 10 heteroatoms. The molecule has 0 saturated heterocycles. The monoisotopic (exact) mass is 571 g/mol. The van der Waals surface area contributed by atoms with E-state index in [0.29, 0.717) is 27.8 Å². The highest BCUT2D eigenvalue weighted by molar-refractivity contribution is 7.92. The summed E-state index contributed by atoms with van der Waals surface area (Å²) < 4.78 is 32.4. The topological polar surface area (TPSA) is 96.0 Å². The number of carbonyl (C=O) groups excluding carboxylic acids is 2. The molecular formula is C29H34ClN3O5S. The molecule has 39 heavy (non-hydrogen) atoms. The first-order chi connectivity index (χ1) is 18.5. The van der Waals surface area contributed by atoms with E-state index in [4.69, 9.17) is 16.3 Å². The van der Waals surface area contributed by atoms with Gasteiger partial charge in [0.2, 0.25) is 21.8 Å². The average Bonchev–Trinajstić information content (AvgIpc) is 2.91. The number of rotatable bonds is 12. The third-order valence-electron chi connectivity index (χ3n) is 6.25. The number of hydrogen-bond donors (Lipinski definition) is 1. The van der Waals surface area contributed by atoms with Gasteiger partial charge in [0, 0.05) is 17.6 Å². The average molecular weight is 572 g/mol. The summed E-state index contributed by atoms with van der Waals surface area (Å²) >= 11 is 6.35. The summed E-state index contributed by atoms with van der Waals surface area (Å²) in [5.41, 5.74) is 0.935. The van der Waals surface area contributed by atoms with Crippen molar-refractivity contribution in [3.05, 3.63) is 89.4 Å². The first-order valence-electron chi connectivity index (χ1n) is 12.6. The lowest BCUT2D eigenvalue weighted by atomic mass is 10.1. The van der Waals surface area contributed by atoms with Crippen LogP contribution in [-0.4, -0.2) is 50.0 Å². The van der Waals surface area contributed by atoms with Crippen LogP contribution in [0, 0.1) is 0 Å². The number of halogens is 1. The fraction of sp³-hybridized carbons (Fsp3) is 0.310. The van der Waals surface area contributed by atoms with Gasteiger partial charge in [-0.15, -0.1) is 0 Å². The largest absolute Gasteiger partial charge is 0.457 e. The van der Waals surface area contributed by atoms with Crippen LogP contribution in [0.3, 0.4) is 0 Å². The Balaban J connectivity index is 1.87. The molecule has 3 rings (SSSR count). The van der Waals surface area contributed by atoms with Gasteiger partial charge in [-0.1, -0.05) is 54.9 Å². The molecule has 0 bridgehead atoms. The molecule has 0 aliphatic rings.